The summed E-state index contributed by atoms with van der Waals surface area (Å²) in [6.45, 7) is 5.72. The fourth-order valence-corrected chi connectivity index (χ4v) is 4.24. The molecule has 0 aliphatic heterocycles. The van der Waals surface area contributed by atoms with Crippen LogP contribution in [0, 0.1) is 0 Å². The number of phenolic OH excluding ortho intramolecular Hbond substituents is 1. The molecule has 1 heterocycles. The quantitative estimate of drug-likeness (QED) is 0.271. The van der Waals surface area contributed by atoms with Gasteiger partial charge in [-0.1, -0.05) is 35.6 Å². The molecular weight excluding hydrogens is 468 g/mol. The number of aliphatic imine (C=N–C) groups is 1. The van der Waals surface area contributed by atoms with E-state index in [9.17, 15) is 9.90 Å². The van der Waals surface area contributed by atoms with E-state index >= 15 is 0 Å². The number of hydrogen-bond donors (Lipinski definition) is 3. The molecule has 184 valence electrons. The number of nitrogens with one attached hydrogen (secondary N) is 1. The minimum atomic E-state index is -0.405. The molecule has 3 aromatic rings. The summed E-state index contributed by atoms with van der Waals surface area (Å²) in [5.41, 5.74) is 9.08. The molecule has 0 spiro atoms. The van der Waals surface area contributed by atoms with Gasteiger partial charge in [-0.3, -0.25) is 4.99 Å². The maximum Gasteiger partial charge on any atom is 0.338 e. The van der Waals surface area contributed by atoms with Crippen molar-refractivity contribution in [2.75, 3.05) is 31.9 Å². The number of anilines is 3. The number of benzene rings is 2. The van der Waals surface area contributed by atoms with Crippen molar-refractivity contribution in [1.82, 2.24) is 4.98 Å². The second kappa shape index (κ2) is 11.4. The Morgan fingerprint density at radius 2 is 1.94 bits per heavy atom. The first-order valence-corrected chi connectivity index (χ1v) is 11.6. The van der Waals surface area contributed by atoms with Crippen LogP contribution in [-0.4, -0.2) is 42.6 Å². The predicted octanol–water partition coefficient (Wildman–Crippen LogP) is 5.24. The molecule has 0 aliphatic carbocycles. The van der Waals surface area contributed by atoms with Gasteiger partial charge < -0.3 is 30.4 Å². The number of hydrogen-bond acceptors (Lipinski definition) is 10. The third kappa shape index (κ3) is 5.72. The molecule has 35 heavy (non-hydrogen) atoms. The highest BCUT2D eigenvalue weighted by Crippen LogP contribution is 2.40. The topological polar surface area (TPSA) is 128 Å². The van der Waals surface area contributed by atoms with Gasteiger partial charge in [-0.25, -0.2) is 9.78 Å². The molecule has 0 saturated heterocycles. The highest BCUT2D eigenvalue weighted by molar-refractivity contribution is 7.18. The molecule has 0 fully saturated rings. The minimum absolute atomic E-state index is 0.0742. The summed E-state index contributed by atoms with van der Waals surface area (Å²) < 4.78 is 15.6. The molecule has 0 saturated carbocycles. The van der Waals surface area contributed by atoms with E-state index in [0.29, 0.717) is 49.8 Å². The van der Waals surface area contributed by atoms with Crippen LogP contribution < -0.4 is 20.5 Å². The van der Waals surface area contributed by atoms with Crippen molar-refractivity contribution in [3.05, 3.63) is 58.5 Å². The summed E-state index contributed by atoms with van der Waals surface area (Å²) in [5, 5.41) is 13.8. The molecule has 0 atom stereocenters. The zero-order valence-corrected chi connectivity index (χ0v) is 21.0. The van der Waals surface area contributed by atoms with Crippen LogP contribution in [-0.2, 0) is 4.74 Å². The molecule has 4 N–H and O–H groups in total. The first kappa shape index (κ1) is 25.6. The highest BCUT2D eigenvalue weighted by Gasteiger charge is 2.18. The second-order valence-corrected chi connectivity index (χ2v) is 8.23. The smallest absolute Gasteiger partial charge is 0.338 e. The van der Waals surface area contributed by atoms with Crippen LogP contribution >= 0.6 is 11.3 Å². The number of allylic oxidation sites excluding steroid dienone is 1. The Hall–Kier alpha value is -4.05. The van der Waals surface area contributed by atoms with Gasteiger partial charge in [0.2, 0.25) is 5.75 Å². The molecule has 10 heteroatoms. The molecule has 0 aliphatic rings. The second-order valence-electron chi connectivity index (χ2n) is 7.23. The predicted molar refractivity (Wildman–Crippen MR) is 139 cm³/mol. The largest absolute Gasteiger partial charge is 0.504 e. The number of nitrogens with two attached hydrogens (primary N) is 1. The molecule has 0 unspecified atom stereocenters. The van der Waals surface area contributed by atoms with Crippen LogP contribution in [0.25, 0.3) is 5.70 Å². The molecule has 3 rings (SSSR count). The van der Waals surface area contributed by atoms with E-state index in [-0.39, 0.29) is 18.1 Å². The first-order valence-electron chi connectivity index (χ1n) is 10.8. The van der Waals surface area contributed by atoms with Crippen molar-refractivity contribution in [3.63, 3.8) is 0 Å². The molecular formula is C25H28N4O5S. The van der Waals surface area contributed by atoms with E-state index in [1.54, 1.807) is 25.1 Å². The van der Waals surface area contributed by atoms with Gasteiger partial charge in [-0.2, -0.15) is 0 Å². The SMILES string of the molecule is C/C=C(\N=C(C)c1sc(Nc2cc(O)c(OC)c(OC)c2)nc1N)c1ccccc1C(=O)OCC. The van der Waals surface area contributed by atoms with Crippen molar-refractivity contribution in [2.45, 2.75) is 20.8 Å². The van der Waals surface area contributed by atoms with Gasteiger partial charge in [0.1, 0.15) is 5.82 Å². The third-order valence-electron chi connectivity index (χ3n) is 4.95. The first-order chi connectivity index (χ1) is 16.8. The van der Waals surface area contributed by atoms with E-state index < -0.39 is 5.97 Å². The Balaban J connectivity index is 1.91. The lowest BCUT2D eigenvalue weighted by Crippen LogP contribution is -2.08. The van der Waals surface area contributed by atoms with Crippen LogP contribution in [0.3, 0.4) is 0 Å². The van der Waals surface area contributed by atoms with Gasteiger partial charge in [0, 0.05) is 23.4 Å². The maximum atomic E-state index is 12.4. The Kier molecular flexibility index (Phi) is 8.32. The molecule has 0 radical (unpaired) electrons. The maximum absolute atomic E-state index is 12.4. The van der Waals surface area contributed by atoms with E-state index in [1.807, 2.05) is 32.1 Å². The fourth-order valence-electron chi connectivity index (χ4n) is 3.39. The number of nitrogens with zero attached hydrogens (tertiary/aromatic N) is 2. The van der Waals surface area contributed by atoms with E-state index in [4.69, 9.17) is 24.9 Å². The summed E-state index contributed by atoms with van der Waals surface area (Å²) in [5.74, 6) is 0.433. The van der Waals surface area contributed by atoms with Crippen molar-refractivity contribution in [1.29, 1.82) is 0 Å². The zero-order chi connectivity index (χ0) is 25.5. The summed E-state index contributed by atoms with van der Waals surface area (Å²) in [6, 6.07) is 10.3. The minimum Gasteiger partial charge on any atom is -0.504 e. The van der Waals surface area contributed by atoms with Crippen LogP contribution in [0.4, 0.5) is 16.6 Å². The van der Waals surface area contributed by atoms with Gasteiger partial charge in [-0.05, 0) is 26.8 Å². The monoisotopic (exact) mass is 496 g/mol. The van der Waals surface area contributed by atoms with Crippen LogP contribution in [0.1, 0.15) is 41.6 Å². The van der Waals surface area contributed by atoms with Crippen LogP contribution in [0.5, 0.6) is 17.2 Å². The normalized spacial score (nSPS) is 11.8. The molecule has 0 bridgehead atoms. The number of carbonyl (C=O) groups excluding carboxylic acids is 1. The van der Waals surface area contributed by atoms with Gasteiger partial charge in [0.15, 0.2) is 16.6 Å². The molecule has 9 nitrogen and oxygen atoms in total. The number of ether oxygens (including phenoxy) is 3. The summed E-state index contributed by atoms with van der Waals surface area (Å²) in [4.78, 5) is 22.2. The van der Waals surface area contributed by atoms with Gasteiger partial charge >= 0.3 is 5.97 Å². The number of phenols is 1. The number of esters is 1. The average molecular weight is 497 g/mol. The fraction of sp³-hybridized carbons (Fsp3) is 0.240. The Morgan fingerprint density at radius 1 is 1.23 bits per heavy atom. The number of thiazole rings is 1. The lowest BCUT2D eigenvalue weighted by Gasteiger charge is -2.11. The number of carbonyl (C=O) groups is 1. The lowest BCUT2D eigenvalue weighted by molar-refractivity contribution is 0.0526. The Labute approximate surface area is 207 Å². The molecule has 2 aromatic carbocycles. The van der Waals surface area contributed by atoms with E-state index in [0.717, 1.165) is 0 Å². The summed E-state index contributed by atoms with van der Waals surface area (Å²) in [7, 11) is 2.93. The van der Waals surface area contributed by atoms with Crippen LogP contribution in [0.2, 0.25) is 0 Å². The lowest BCUT2D eigenvalue weighted by atomic mass is 10.0. The number of aromatic nitrogens is 1. The standard InChI is InChI=1S/C25H28N4O5S/c1-6-18(16-10-8-9-11-17(16)24(31)34-7-2)27-14(3)22-23(26)29-25(35-22)28-15-12-19(30)21(33-5)20(13-15)32-4/h6,8-13,30H,7,26H2,1-5H3,(H,28,29)/b18-6-,27-14?. The Morgan fingerprint density at radius 3 is 2.57 bits per heavy atom. The van der Waals surface area contributed by atoms with Gasteiger partial charge in [-0.15, -0.1) is 0 Å². The van der Waals surface area contributed by atoms with Crippen LogP contribution in [0.15, 0.2) is 47.5 Å². The van der Waals surface area contributed by atoms with E-state index in [1.165, 1.54) is 31.6 Å². The van der Waals surface area contributed by atoms with Crippen molar-refractivity contribution >= 4 is 45.4 Å². The molecule has 0 amide bonds. The number of rotatable bonds is 9. The van der Waals surface area contributed by atoms with Gasteiger partial charge in [0.25, 0.3) is 0 Å². The third-order valence-corrected chi connectivity index (χ3v) is 6.05. The van der Waals surface area contributed by atoms with Crippen molar-refractivity contribution in [3.8, 4) is 17.2 Å². The molecule has 1 aromatic heterocycles. The van der Waals surface area contributed by atoms with Crippen molar-refractivity contribution < 1.29 is 24.1 Å². The highest BCUT2D eigenvalue weighted by atomic mass is 32.1. The van der Waals surface area contributed by atoms with Gasteiger partial charge in [0.05, 0.1) is 42.7 Å². The number of aromatic hydroxyl groups is 1. The Bertz CT molecular complexity index is 1280. The summed E-state index contributed by atoms with van der Waals surface area (Å²) in [6.07, 6.45) is 1.82. The number of nitrogen functional groups attached to an aromatic ring is 1. The number of methoxy groups -OCH3 is 2. The van der Waals surface area contributed by atoms with Crippen molar-refractivity contribution in [2.24, 2.45) is 4.99 Å². The zero-order valence-electron chi connectivity index (χ0n) is 20.2. The summed E-state index contributed by atoms with van der Waals surface area (Å²) >= 11 is 1.31. The average Bonchev–Trinajstić information content (AvgIpc) is 3.21. The van der Waals surface area contributed by atoms with E-state index in [2.05, 4.69) is 10.3 Å².